The van der Waals surface area contributed by atoms with Gasteiger partial charge in [0, 0.05) is 44.4 Å². The van der Waals surface area contributed by atoms with Crippen LogP contribution in [0.15, 0.2) is 41.4 Å². The molecule has 0 unspecified atom stereocenters. The second-order valence-corrected chi connectivity index (χ2v) is 7.41. The first-order valence-electron chi connectivity index (χ1n) is 10.7. The number of hydrogen-bond acceptors (Lipinski definition) is 5. The zero-order valence-corrected chi connectivity index (χ0v) is 19.2. The summed E-state index contributed by atoms with van der Waals surface area (Å²) in [6, 6.07) is 11.9. The molecule has 1 aliphatic rings. The van der Waals surface area contributed by atoms with Gasteiger partial charge < -0.3 is 29.7 Å². The van der Waals surface area contributed by atoms with E-state index in [9.17, 15) is 4.79 Å². The Labute approximate surface area is 189 Å². The molecule has 0 radical (unpaired) electrons. The molecule has 0 atom stereocenters. The van der Waals surface area contributed by atoms with Crippen LogP contribution < -0.4 is 29.7 Å². The minimum atomic E-state index is 0.201. The molecular formula is C24H32N4O4. The van der Waals surface area contributed by atoms with E-state index in [1.54, 1.807) is 28.4 Å². The van der Waals surface area contributed by atoms with E-state index >= 15 is 0 Å². The van der Waals surface area contributed by atoms with E-state index in [4.69, 9.17) is 14.2 Å². The summed E-state index contributed by atoms with van der Waals surface area (Å²) in [5.74, 6) is 2.82. The predicted octanol–water partition coefficient (Wildman–Crippen LogP) is 2.75. The first kappa shape index (κ1) is 23.2. The number of rotatable bonds is 9. The van der Waals surface area contributed by atoms with Crippen molar-refractivity contribution in [1.29, 1.82) is 0 Å². The number of nitrogens with one attached hydrogen (secondary N) is 2. The van der Waals surface area contributed by atoms with Gasteiger partial charge >= 0.3 is 0 Å². The van der Waals surface area contributed by atoms with Gasteiger partial charge in [-0.15, -0.1) is 0 Å². The number of benzene rings is 2. The molecule has 0 bridgehead atoms. The number of anilines is 1. The van der Waals surface area contributed by atoms with Gasteiger partial charge in [0.25, 0.3) is 0 Å². The Morgan fingerprint density at radius 3 is 2.34 bits per heavy atom. The van der Waals surface area contributed by atoms with E-state index in [2.05, 4.69) is 15.6 Å². The van der Waals surface area contributed by atoms with Crippen molar-refractivity contribution >= 4 is 17.6 Å². The third-order valence-electron chi connectivity index (χ3n) is 5.48. The molecule has 1 amide bonds. The molecule has 2 N–H and O–H groups in total. The largest absolute Gasteiger partial charge is 0.493 e. The minimum absolute atomic E-state index is 0.201. The summed E-state index contributed by atoms with van der Waals surface area (Å²) in [4.78, 5) is 18.0. The van der Waals surface area contributed by atoms with Crippen molar-refractivity contribution in [2.45, 2.75) is 25.8 Å². The lowest BCUT2D eigenvalue weighted by molar-refractivity contribution is -0.117. The summed E-state index contributed by atoms with van der Waals surface area (Å²) < 4.78 is 16.3. The molecule has 172 valence electrons. The summed E-state index contributed by atoms with van der Waals surface area (Å²) in [5, 5.41) is 6.65. The summed E-state index contributed by atoms with van der Waals surface area (Å²) in [5.41, 5.74) is 3.09. The van der Waals surface area contributed by atoms with E-state index in [1.807, 2.05) is 41.3 Å². The smallest absolute Gasteiger partial charge is 0.227 e. The molecular weight excluding hydrogens is 408 g/mol. The van der Waals surface area contributed by atoms with Gasteiger partial charge in [-0.25, -0.2) is 0 Å². The van der Waals surface area contributed by atoms with Gasteiger partial charge in [0.05, 0.1) is 21.3 Å². The molecule has 0 aromatic heterocycles. The summed E-state index contributed by atoms with van der Waals surface area (Å²) in [6.07, 6.45) is 2.29. The van der Waals surface area contributed by atoms with E-state index < -0.39 is 0 Å². The summed E-state index contributed by atoms with van der Waals surface area (Å²) in [6.45, 7) is 2.10. The fourth-order valence-electron chi connectivity index (χ4n) is 3.80. The van der Waals surface area contributed by atoms with Crippen LogP contribution in [0.5, 0.6) is 17.2 Å². The average Bonchev–Trinajstić information content (AvgIpc) is 3.26. The van der Waals surface area contributed by atoms with E-state index in [0.717, 1.165) is 36.2 Å². The lowest BCUT2D eigenvalue weighted by atomic mass is 10.1. The number of methoxy groups -OCH3 is 3. The van der Waals surface area contributed by atoms with Crippen molar-refractivity contribution in [1.82, 2.24) is 10.6 Å². The van der Waals surface area contributed by atoms with Crippen LogP contribution in [0.1, 0.15) is 24.0 Å². The molecule has 3 rings (SSSR count). The maximum Gasteiger partial charge on any atom is 0.227 e. The Bertz CT molecular complexity index is 944. The first-order chi connectivity index (χ1) is 15.6. The van der Waals surface area contributed by atoms with Crippen molar-refractivity contribution in [3.63, 3.8) is 0 Å². The van der Waals surface area contributed by atoms with Crippen molar-refractivity contribution in [3.05, 3.63) is 47.5 Å². The van der Waals surface area contributed by atoms with Crippen LogP contribution in [0, 0.1) is 0 Å². The van der Waals surface area contributed by atoms with Gasteiger partial charge in [0.1, 0.15) is 0 Å². The van der Waals surface area contributed by atoms with Gasteiger partial charge in [-0.1, -0.05) is 18.2 Å². The third-order valence-corrected chi connectivity index (χ3v) is 5.48. The zero-order chi connectivity index (χ0) is 22.9. The number of nitrogens with zero attached hydrogens (tertiary/aromatic N) is 2. The number of carbonyl (C=O) groups excluding carboxylic acids is 1. The average molecular weight is 441 g/mol. The van der Waals surface area contributed by atoms with Crippen LogP contribution >= 0.6 is 0 Å². The SMILES string of the molecule is CN=C(NCCc1ccc(OC)c(OC)c1OC)NCc1ccc(N2CCCC2=O)cc1. The van der Waals surface area contributed by atoms with Crippen molar-refractivity contribution in [2.24, 2.45) is 4.99 Å². The fraction of sp³-hybridized carbons (Fsp3) is 0.417. The molecule has 2 aromatic carbocycles. The fourth-order valence-corrected chi connectivity index (χ4v) is 3.80. The molecule has 1 heterocycles. The highest BCUT2D eigenvalue weighted by molar-refractivity contribution is 5.95. The molecule has 1 saturated heterocycles. The number of carbonyl (C=O) groups is 1. The number of guanidine groups is 1. The normalized spacial score (nSPS) is 13.8. The molecule has 1 aliphatic heterocycles. The van der Waals surface area contributed by atoms with Crippen LogP contribution in [0.3, 0.4) is 0 Å². The highest BCUT2D eigenvalue weighted by Crippen LogP contribution is 2.39. The highest BCUT2D eigenvalue weighted by atomic mass is 16.5. The van der Waals surface area contributed by atoms with Gasteiger partial charge in [-0.2, -0.15) is 0 Å². The minimum Gasteiger partial charge on any atom is -0.493 e. The Morgan fingerprint density at radius 1 is 1.00 bits per heavy atom. The molecule has 0 aliphatic carbocycles. The topological polar surface area (TPSA) is 84.4 Å². The highest BCUT2D eigenvalue weighted by Gasteiger charge is 2.21. The van der Waals surface area contributed by atoms with E-state index in [0.29, 0.717) is 42.7 Å². The van der Waals surface area contributed by atoms with Crippen LogP contribution in [0.4, 0.5) is 5.69 Å². The number of ether oxygens (including phenoxy) is 3. The molecule has 32 heavy (non-hydrogen) atoms. The van der Waals surface area contributed by atoms with Gasteiger partial charge in [0.2, 0.25) is 11.7 Å². The Kier molecular flexibility index (Phi) is 8.19. The molecule has 1 fully saturated rings. The standard InChI is InChI=1S/C24H32N4O4/c1-25-24(26-14-13-18-9-12-20(30-2)23(32-4)22(18)31-3)27-16-17-7-10-19(11-8-17)28-15-5-6-21(28)29/h7-12H,5-6,13-16H2,1-4H3,(H2,25,26,27). The summed E-state index contributed by atoms with van der Waals surface area (Å²) >= 11 is 0. The van der Waals surface area contributed by atoms with Gasteiger partial charge in [0.15, 0.2) is 17.5 Å². The number of aliphatic imine (C=N–C) groups is 1. The number of hydrogen-bond donors (Lipinski definition) is 2. The zero-order valence-electron chi connectivity index (χ0n) is 19.2. The van der Waals surface area contributed by atoms with E-state index in [-0.39, 0.29) is 5.91 Å². The Balaban J connectivity index is 1.52. The Hall–Kier alpha value is -3.42. The Morgan fingerprint density at radius 2 is 1.75 bits per heavy atom. The van der Waals surface area contributed by atoms with Gasteiger partial charge in [-0.05, 0) is 36.6 Å². The van der Waals surface area contributed by atoms with Crippen molar-refractivity contribution in [3.8, 4) is 17.2 Å². The van der Waals surface area contributed by atoms with Crippen LogP contribution in [0.2, 0.25) is 0 Å². The first-order valence-corrected chi connectivity index (χ1v) is 10.7. The molecule has 0 spiro atoms. The molecule has 8 nitrogen and oxygen atoms in total. The van der Waals surface area contributed by atoms with Crippen molar-refractivity contribution in [2.75, 3.05) is 46.4 Å². The monoisotopic (exact) mass is 440 g/mol. The summed E-state index contributed by atoms with van der Waals surface area (Å²) in [7, 11) is 6.57. The van der Waals surface area contributed by atoms with Crippen LogP contribution in [-0.2, 0) is 17.8 Å². The van der Waals surface area contributed by atoms with Crippen LogP contribution in [-0.4, -0.2) is 53.3 Å². The van der Waals surface area contributed by atoms with Crippen LogP contribution in [0.25, 0.3) is 0 Å². The lowest BCUT2D eigenvalue weighted by Gasteiger charge is -2.17. The second-order valence-electron chi connectivity index (χ2n) is 7.41. The number of amides is 1. The van der Waals surface area contributed by atoms with E-state index in [1.165, 1.54) is 0 Å². The van der Waals surface area contributed by atoms with Gasteiger partial charge in [-0.3, -0.25) is 9.79 Å². The molecule has 8 heteroatoms. The maximum absolute atomic E-state index is 11.9. The van der Waals surface area contributed by atoms with Crippen molar-refractivity contribution < 1.29 is 19.0 Å². The quantitative estimate of drug-likeness (QED) is 0.461. The molecule has 0 saturated carbocycles. The predicted molar refractivity (Wildman–Crippen MR) is 126 cm³/mol. The second kappa shape index (κ2) is 11.3. The third kappa shape index (κ3) is 5.43. The maximum atomic E-state index is 11.9. The molecule has 2 aromatic rings. The lowest BCUT2D eigenvalue weighted by Crippen LogP contribution is -2.37.